The highest BCUT2D eigenvalue weighted by molar-refractivity contribution is 6.05. The predicted octanol–water partition coefficient (Wildman–Crippen LogP) is 2.06. The maximum atomic E-state index is 12.8. The number of amides is 1. The molecule has 2 aliphatic rings. The second kappa shape index (κ2) is 5.11. The number of carbonyl (C=O) groups is 1. The number of hydrogen-bond donors (Lipinski definition) is 1. The topological polar surface area (TPSA) is 45.2 Å². The van der Waals surface area contributed by atoms with Gasteiger partial charge in [0.1, 0.15) is 5.69 Å². The molecule has 3 heterocycles. The van der Waals surface area contributed by atoms with Crippen molar-refractivity contribution in [1.29, 1.82) is 0 Å². The van der Waals surface area contributed by atoms with E-state index in [1.807, 2.05) is 35.2 Å². The highest BCUT2D eigenvalue weighted by atomic mass is 16.2. The van der Waals surface area contributed by atoms with Crippen molar-refractivity contribution in [2.45, 2.75) is 18.9 Å². The van der Waals surface area contributed by atoms with E-state index in [1.165, 1.54) is 6.42 Å². The highest BCUT2D eigenvalue weighted by Gasteiger charge is 2.35. The van der Waals surface area contributed by atoms with Crippen LogP contribution in [0, 0.1) is 5.92 Å². The van der Waals surface area contributed by atoms with Crippen LogP contribution in [0.25, 0.3) is 10.8 Å². The minimum absolute atomic E-state index is 0.0807. The average molecular weight is 281 g/mol. The molecule has 0 saturated carbocycles. The molecule has 21 heavy (non-hydrogen) atoms. The van der Waals surface area contributed by atoms with Crippen LogP contribution in [0.1, 0.15) is 23.3 Å². The van der Waals surface area contributed by atoms with Gasteiger partial charge in [0.15, 0.2) is 0 Å². The van der Waals surface area contributed by atoms with E-state index >= 15 is 0 Å². The van der Waals surface area contributed by atoms with E-state index in [9.17, 15) is 4.79 Å². The number of piperidine rings is 1. The summed E-state index contributed by atoms with van der Waals surface area (Å²) in [5.74, 6) is 0.690. The van der Waals surface area contributed by atoms with Crippen molar-refractivity contribution < 1.29 is 4.79 Å². The van der Waals surface area contributed by atoms with Crippen LogP contribution >= 0.6 is 0 Å². The van der Waals surface area contributed by atoms with Crippen LogP contribution in [0.3, 0.4) is 0 Å². The fourth-order valence-corrected chi connectivity index (χ4v) is 3.67. The minimum atomic E-state index is 0.0807. The number of hydrogen-bond acceptors (Lipinski definition) is 3. The summed E-state index contributed by atoms with van der Waals surface area (Å²) in [6, 6.07) is 10.5. The molecule has 0 radical (unpaired) electrons. The number of benzene rings is 1. The van der Waals surface area contributed by atoms with Crippen LogP contribution in [-0.2, 0) is 0 Å². The third-order valence-corrected chi connectivity index (χ3v) is 4.82. The zero-order chi connectivity index (χ0) is 14.2. The van der Waals surface area contributed by atoms with Crippen LogP contribution < -0.4 is 5.32 Å². The van der Waals surface area contributed by atoms with Crippen molar-refractivity contribution in [1.82, 2.24) is 15.2 Å². The summed E-state index contributed by atoms with van der Waals surface area (Å²) >= 11 is 0. The quantitative estimate of drug-likeness (QED) is 0.870. The Morgan fingerprint density at radius 3 is 3.10 bits per heavy atom. The molecule has 0 spiro atoms. The lowest BCUT2D eigenvalue weighted by Crippen LogP contribution is -2.47. The van der Waals surface area contributed by atoms with Gasteiger partial charge in [-0.25, -0.2) is 0 Å². The number of rotatable bonds is 1. The standard InChI is InChI=1S/C17H19N3O/c21-17(20-10-7-15-13(11-20)6-8-18-15)16-14-4-2-1-3-12(14)5-9-19-16/h1-5,9,13,15,18H,6-8,10-11H2. The first-order chi connectivity index (χ1) is 10.3. The van der Waals surface area contributed by atoms with Gasteiger partial charge in [-0.15, -0.1) is 0 Å². The first-order valence-electron chi connectivity index (χ1n) is 7.69. The summed E-state index contributed by atoms with van der Waals surface area (Å²) in [4.78, 5) is 19.2. The van der Waals surface area contributed by atoms with Crippen LogP contribution in [0.2, 0.25) is 0 Å². The zero-order valence-corrected chi connectivity index (χ0v) is 12.0. The summed E-state index contributed by atoms with van der Waals surface area (Å²) in [6.07, 6.45) is 3.97. The Morgan fingerprint density at radius 2 is 2.14 bits per heavy atom. The van der Waals surface area contributed by atoms with E-state index in [0.29, 0.717) is 17.7 Å². The molecule has 2 atom stereocenters. The molecule has 4 heteroatoms. The molecular formula is C17H19N3O. The van der Waals surface area contributed by atoms with Crippen LogP contribution in [0.15, 0.2) is 36.5 Å². The number of pyridine rings is 1. The van der Waals surface area contributed by atoms with Crippen molar-refractivity contribution in [3.05, 3.63) is 42.2 Å². The molecule has 2 fully saturated rings. The fourth-order valence-electron chi connectivity index (χ4n) is 3.67. The minimum Gasteiger partial charge on any atom is -0.337 e. The van der Waals surface area contributed by atoms with E-state index in [4.69, 9.17) is 0 Å². The first-order valence-corrected chi connectivity index (χ1v) is 7.69. The molecule has 1 aromatic heterocycles. The van der Waals surface area contributed by atoms with Crippen molar-refractivity contribution in [2.24, 2.45) is 5.92 Å². The second-order valence-electron chi connectivity index (χ2n) is 6.03. The number of carbonyl (C=O) groups excluding carboxylic acids is 1. The van der Waals surface area contributed by atoms with E-state index < -0.39 is 0 Å². The van der Waals surface area contributed by atoms with E-state index in [2.05, 4.69) is 10.3 Å². The fraction of sp³-hybridized carbons (Fsp3) is 0.412. The van der Waals surface area contributed by atoms with Crippen LogP contribution in [0.4, 0.5) is 0 Å². The highest BCUT2D eigenvalue weighted by Crippen LogP contribution is 2.26. The summed E-state index contributed by atoms with van der Waals surface area (Å²) in [6.45, 7) is 2.78. The molecular weight excluding hydrogens is 262 g/mol. The number of likely N-dealkylation sites (tertiary alicyclic amines) is 1. The van der Waals surface area contributed by atoms with Gasteiger partial charge in [-0.2, -0.15) is 0 Å². The molecule has 1 aromatic carbocycles. The predicted molar refractivity (Wildman–Crippen MR) is 82.2 cm³/mol. The molecule has 1 N–H and O–H groups in total. The Morgan fingerprint density at radius 1 is 1.24 bits per heavy atom. The molecule has 4 rings (SSSR count). The Kier molecular flexibility index (Phi) is 3.11. The average Bonchev–Trinajstić information content (AvgIpc) is 3.01. The largest absolute Gasteiger partial charge is 0.337 e. The number of nitrogens with zero attached hydrogens (tertiary/aromatic N) is 2. The summed E-state index contributed by atoms with van der Waals surface area (Å²) in [7, 11) is 0. The lowest BCUT2D eigenvalue weighted by atomic mass is 9.93. The molecule has 108 valence electrons. The van der Waals surface area contributed by atoms with Gasteiger partial charge in [0.2, 0.25) is 0 Å². The molecule has 2 saturated heterocycles. The van der Waals surface area contributed by atoms with Gasteiger partial charge in [-0.1, -0.05) is 24.3 Å². The van der Waals surface area contributed by atoms with Gasteiger partial charge in [0, 0.05) is 30.7 Å². The molecule has 0 aliphatic carbocycles. The number of nitrogens with one attached hydrogen (secondary N) is 1. The van der Waals surface area contributed by atoms with Gasteiger partial charge < -0.3 is 10.2 Å². The molecule has 1 amide bonds. The Labute approximate surface area is 124 Å². The Hall–Kier alpha value is -1.94. The second-order valence-corrected chi connectivity index (χ2v) is 6.03. The SMILES string of the molecule is O=C(c1nccc2ccccc12)N1CCC2NCCC2C1. The smallest absolute Gasteiger partial charge is 0.273 e. The molecule has 2 unspecified atom stereocenters. The van der Waals surface area contributed by atoms with Crippen molar-refractivity contribution in [3.8, 4) is 0 Å². The summed E-state index contributed by atoms with van der Waals surface area (Å²) in [5, 5.41) is 5.57. The molecule has 0 bridgehead atoms. The lowest BCUT2D eigenvalue weighted by Gasteiger charge is -2.34. The van der Waals surface area contributed by atoms with Crippen LogP contribution in [-0.4, -0.2) is 41.5 Å². The maximum absolute atomic E-state index is 12.8. The molecule has 2 aromatic rings. The first kappa shape index (κ1) is 12.8. The van der Waals surface area contributed by atoms with E-state index in [1.54, 1.807) is 6.20 Å². The van der Waals surface area contributed by atoms with Crippen molar-refractivity contribution in [3.63, 3.8) is 0 Å². The van der Waals surface area contributed by atoms with Gasteiger partial charge >= 0.3 is 0 Å². The van der Waals surface area contributed by atoms with Gasteiger partial charge in [0.25, 0.3) is 5.91 Å². The van der Waals surface area contributed by atoms with Crippen molar-refractivity contribution >= 4 is 16.7 Å². The molecule has 4 nitrogen and oxygen atoms in total. The van der Waals surface area contributed by atoms with Crippen molar-refractivity contribution in [2.75, 3.05) is 19.6 Å². The maximum Gasteiger partial charge on any atom is 0.273 e. The van der Waals surface area contributed by atoms with E-state index in [-0.39, 0.29) is 5.91 Å². The third kappa shape index (κ3) is 2.20. The lowest BCUT2D eigenvalue weighted by molar-refractivity contribution is 0.0658. The Bertz CT molecular complexity index is 679. The van der Waals surface area contributed by atoms with Crippen LogP contribution in [0.5, 0.6) is 0 Å². The summed E-state index contributed by atoms with van der Waals surface area (Å²) in [5.41, 5.74) is 0.595. The monoisotopic (exact) mass is 281 g/mol. The zero-order valence-electron chi connectivity index (χ0n) is 12.0. The number of fused-ring (bicyclic) bond motifs is 2. The van der Waals surface area contributed by atoms with Gasteiger partial charge in [-0.05, 0) is 36.8 Å². The number of aromatic nitrogens is 1. The summed E-state index contributed by atoms with van der Waals surface area (Å²) < 4.78 is 0. The normalized spacial score (nSPS) is 25.0. The Balaban J connectivity index is 1.64. The van der Waals surface area contributed by atoms with Gasteiger partial charge in [0.05, 0.1) is 0 Å². The van der Waals surface area contributed by atoms with Gasteiger partial charge in [-0.3, -0.25) is 9.78 Å². The molecule has 2 aliphatic heterocycles. The third-order valence-electron chi connectivity index (χ3n) is 4.82. The van der Waals surface area contributed by atoms with E-state index in [0.717, 1.165) is 36.8 Å².